The number of carbonyl (C=O) groups excluding carboxylic acids is 1. The maximum atomic E-state index is 12.3. The van der Waals surface area contributed by atoms with Gasteiger partial charge in [0.05, 0.1) is 16.5 Å². The van der Waals surface area contributed by atoms with Crippen LogP contribution in [0.1, 0.15) is 25.8 Å². The van der Waals surface area contributed by atoms with Crippen molar-refractivity contribution < 1.29 is 9.53 Å². The molecule has 0 spiro atoms. The highest BCUT2D eigenvalue weighted by Crippen LogP contribution is 2.27. The summed E-state index contributed by atoms with van der Waals surface area (Å²) < 4.78 is 8.90. The summed E-state index contributed by atoms with van der Waals surface area (Å²) in [7, 11) is 0. The molecule has 0 saturated heterocycles. The molecule has 0 aliphatic heterocycles. The largest absolute Gasteiger partial charge is 0.483 e. The molecule has 3 aromatic rings. The summed E-state index contributed by atoms with van der Waals surface area (Å²) in [6, 6.07) is 12.5. The van der Waals surface area contributed by atoms with Crippen molar-refractivity contribution in [3.63, 3.8) is 0 Å². The quantitative estimate of drug-likeness (QED) is 0.350. The van der Waals surface area contributed by atoms with Gasteiger partial charge in [-0.05, 0) is 56.3 Å². The van der Waals surface area contributed by atoms with Crippen LogP contribution in [0, 0.1) is 0 Å². The minimum atomic E-state index is -0.299. The van der Waals surface area contributed by atoms with Crippen molar-refractivity contribution in [1.29, 1.82) is 0 Å². The second kappa shape index (κ2) is 10.5. The van der Waals surface area contributed by atoms with E-state index in [1.165, 1.54) is 11.8 Å². The average Bonchev–Trinajstić information content (AvgIpc) is 3.14. The van der Waals surface area contributed by atoms with Gasteiger partial charge < -0.3 is 14.6 Å². The minimum Gasteiger partial charge on any atom is -0.483 e. The molecule has 30 heavy (non-hydrogen) atoms. The van der Waals surface area contributed by atoms with Crippen LogP contribution in [-0.4, -0.2) is 26.4 Å². The van der Waals surface area contributed by atoms with Gasteiger partial charge in [-0.15, -0.1) is 10.2 Å². The molecule has 1 N–H and O–H groups in total. The van der Waals surface area contributed by atoms with Gasteiger partial charge in [0.15, 0.2) is 17.1 Å². The monoisotopic (exact) mass is 528 g/mol. The molecular formula is C20H19BrCl2N4O2S. The molecule has 1 amide bonds. The lowest BCUT2D eigenvalue weighted by Gasteiger charge is -2.15. The van der Waals surface area contributed by atoms with Crippen LogP contribution in [0.3, 0.4) is 0 Å². The highest BCUT2D eigenvalue weighted by atomic mass is 79.9. The minimum absolute atomic E-state index is 0.156. The SMILES string of the molecule is CCn1c(SCC(=O)Nc2cc(Cl)ccc2Cl)nnc1C(C)Oc1ccc(Br)cc1. The van der Waals surface area contributed by atoms with Gasteiger partial charge in [0.2, 0.25) is 5.91 Å². The van der Waals surface area contributed by atoms with Crippen LogP contribution < -0.4 is 10.1 Å². The standard InChI is InChI=1S/C20H19BrCl2N4O2S/c1-3-27-19(12(2)29-15-7-4-13(21)5-8-15)25-26-20(27)30-11-18(28)24-17-10-14(22)6-9-16(17)23/h4-10,12H,3,11H2,1-2H3,(H,24,28). The van der Waals surface area contributed by atoms with Gasteiger partial charge in [-0.25, -0.2) is 0 Å². The second-order valence-electron chi connectivity index (χ2n) is 6.26. The first kappa shape index (κ1) is 22.9. The van der Waals surface area contributed by atoms with Gasteiger partial charge >= 0.3 is 0 Å². The molecule has 1 unspecified atom stereocenters. The van der Waals surface area contributed by atoms with Crippen LogP contribution >= 0.6 is 50.9 Å². The zero-order chi connectivity index (χ0) is 21.7. The van der Waals surface area contributed by atoms with Crippen molar-refractivity contribution in [2.45, 2.75) is 31.7 Å². The first-order chi connectivity index (χ1) is 14.4. The van der Waals surface area contributed by atoms with Crippen LogP contribution in [-0.2, 0) is 11.3 Å². The fourth-order valence-electron chi connectivity index (χ4n) is 2.68. The maximum absolute atomic E-state index is 12.3. The lowest BCUT2D eigenvalue weighted by atomic mass is 10.3. The van der Waals surface area contributed by atoms with Crippen LogP contribution in [0.15, 0.2) is 52.1 Å². The molecule has 0 aliphatic carbocycles. The molecule has 158 valence electrons. The molecule has 1 atom stereocenters. The fourth-order valence-corrected chi connectivity index (χ4v) is 4.10. The first-order valence-electron chi connectivity index (χ1n) is 9.10. The van der Waals surface area contributed by atoms with Crippen LogP contribution in [0.4, 0.5) is 5.69 Å². The van der Waals surface area contributed by atoms with Crippen LogP contribution in [0.25, 0.3) is 0 Å². The summed E-state index contributed by atoms with van der Waals surface area (Å²) in [6.45, 7) is 4.57. The number of anilines is 1. The normalized spacial score (nSPS) is 11.9. The number of hydrogen-bond acceptors (Lipinski definition) is 5. The van der Waals surface area contributed by atoms with Crippen molar-refractivity contribution in [3.8, 4) is 5.75 Å². The average molecular weight is 530 g/mol. The Labute approximate surface area is 197 Å². The van der Waals surface area contributed by atoms with Gasteiger partial charge in [-0.2, -0.15) is 0 Å². The van der Waals surface area contributed by atoms with Crippen molar-refractivity contribution in [2.75, 3.05) is 11.1 Å². The Kier molecular flexibility index (Phi) is 8.05. The van der Waals surface area contributed by atoms with E-state index in [1.54, 1.807) is 18.2 Å². The van der Waals surface area contributed by atoms with E-state index in [9.17, 15) is 4.79 Å². The third-order valence-corrected chi connectivity index (χ3v) is 6.15. The Balaban J connectivity index is 1.64. The predicted molar refractivity (Wildman–Crippen MR) is 125 cm³/mol. The number of carbonyl (C=O) groups is 1. The molecule has 0 bridgehead atoms. The number of rotatable bonds is 8. The third kappa shape index (κ3) is 5.91. The van der Waals surface area contributed by atoms with E-state index in [2.05, 4.69) is 31.4 Å². The van der Waals surface area contributed by atoms with E-state index in [-0.39, 0.29) is 17.8 Å². The number of nitrogens with zero attached hydrogens (tertiary/aromatic N) is 3. The Morgan fingerprint density at radius 2 is 1.97 bits per heavy atom. The van der Waals surface area contributed by atoms with Gasteiger partial charge in [-0.3, -0.25) is 4.79 Å². The Morgan fingerprint density at radius 3 is 2.67 bits per heavy atom. The van der Waals surface area contributed by atoms with Gasteiger partial charge in [-0.1, -0.05) is 50.9 Å². The zero-order valence-electron chi connectivity index (χ0n) is 16.2. The van der Waals surface area contributed by atoms with Crippen molar-refractivity contribution in [2.24, 2.45) is 0 Å². The van der Waals surface area contributed by atoms with E-state index in [0.717, 1.165) is 10.2 Å². The summed E-state index contributed by atoms with van der Waals surface area (Å²) in [5, 5.41) is 12.8. The number of thioether (sulfide) groups is 1. The number of aromatic nitrogens is 3. The lowest BCUT2D eigenvalue weighted by molar-refractivity contribution is -0.113. The van der Waals surface area contributed by atoms with E-state index >= 15 is 0 Å². The molecule has 1 heterocycles. The number of benzene rings is 2. The summed E-state index contributed by atoms with van der Waals surface area (Å²) in [5.41, 5.74) is 0.476. The van der Waals surface area contributed by atoms with E-state index in [0.29, 0.717) is 33.3 Å². The van der Waals surface area contributed by atoms with Crippen LogP contribution in [0.2, 0.25) is 10.0 Å². The van der Waals surface area contributed by atoms with Crippen molar-refractivity contribution in [3.05, 3.63) is 62.8 Å². The maximum Gasteiger partial charge on any atom is 0.234 e. The Hall–Kier alpha value is -1.74. The molecule has 0 aliphatic rings. The summed E-state index contributed by atoms with van der Waals surface area (Å²) in [5.74, 6) is 1.38. The number of halogens is 3. The van der Waals surface area contributed by atoms with Crippen molar-refractivity contribution in [1.82, 2.24) is 14.8 Å². The van der Waals surface area contributed by atoms with Gasteiger partial charge in [0, 0.05) is 16.0 Å². The fraction of sp³-hybridized carbons (Fsp3) is 0.250. The Morgan fingerprint density at radius 1 is 1.23 bits per heavy atom. The molecule has 10 heteroatoms. The topological polar surface area (TPSA) is 69.0 Å². The smallest absolute Gasteiger partial charge is 0.234 e. The lowest BCUT2D eigenvalue weighted by Crippen LogP contribution is -2.15. The van der Waals surface area contributed by atoms with Crippen LogP contribution in [0.5, 0.6) is 5.75 Å². The predicted octanol–water partition coefficient (Wildman–Crippen LogP) is 6.24. The third-order valence-electron chi connectivity index (χ3n) is 4.09. The zero-order valence-corrected chi connectivity index (χ0v) is 20.1. The molecule has 2 aromatic carbocycles. The molecule has 3 rings (SSSR count). The molecule has 1 aromatic heterocycles. The molecule has 0 radical (unpaired) electrons. The molecule has 0 saturated carbocycles. The van der Waals surface area contributed by atoms with E-state index in [1.807, 2.05) is 42.7 Å². The van der Waals surface area contributed by atoms with Gasteiger partial charge in [0.25, 0.3) is 0 Å². The summed E-state index contributed by atoms with van der Waals surface area (Å²) in [6.07, 6.45) is -0.299. The number of hydrogen-bond donors (Lipinski definition) is 1. The first-order valence-corrected chi connectivity index (χ1v) is 11.6. The highest BCUT2D eigenvalue weighted by Gasteiger charge is 2.19. The second-order valence-corrected chi connectivity index (χ2v) is 8.96. The number of ether oxygens (including phenoxy) is 1. The van der Waals surface area contributed by atoms with Gasteiger partial charge in [0.1, 0.15) is 5.75 Å². The van der Waals surface area contributed by atoms with E-state index in [4.69, 9.17) is 27.9 Å². The molecular weight excluding hydrogens is 511 g/mol. The highest BCUT2D eigenvalue weighted by molar-refractivity contribution is 9.10. The summed E-state index contributed by atoms with van der Waals surface area (Å²) in [4.78, 5) is 12.3. The summed E-state index contributed by atoms with van der Waals surface area (Å²) >= 11 is 16.8. The van der Waals surface area contributed by atoms with E-state index < -0.39 is 0 Å². The molecule has 6 nitrogen and oxygen atoms in total. The van der Waals surface area contributed by atoms with Crippen molar-refractivity contribution >= 4 is 62.5 Å². The number of amides is 1. The number of nitrogens with one attached hydrogen (secondary N) is 1. The Bertz CT molecular complexity index is 1030. The molecule has 0 fully saturated rings.